The molecule has 0 aromatic heterocycles. The first-order valence-corrected chi connectivity index (χ1v) is 6.87. The molecule has 0 radical (unpaired) electrons. The quantitative estimate of drug-likeness (QED) is 0.807. The number of carbonyl (C=O) groups is 1. The first-order valence-electron chi connectivity index (χ1n) is 6.49. The van der Waals surface area contributed by atoms with Crippen molar-refractivity contribution < 1.29 is 17.9 Å². The van der Waals surface area contributed by atoms with E-state index in [1.807, 2.05) is 6.92 Å². The fourth-order valence-corrected chi connectivity index (χ4v) is 2.29. The molecule has 2 aromatic carbocycles. The Kier molecular flexibility index (Phi) is 4.70. The molecule has 0 bridgehead atoms. The van der Waals surface area contributed by atoms with E-state index >= 15 is 0 Å². The fourth-order valence-electron chi connectivity index (χ4n) is 2.06. The van der Waals surface area contributed by atoms with Gasteiger partial charge in [-0.25, -0.2) is 8.78 Å². The predicted octanol–water partition coefficient (Wildman–Crippen LogP) is 5.00. The fraction of sp³-hybridized carbons (Fsp3) is 0.188. The van der Waals surface area contributed by atoms with Crippen molar-refractivity contribution in [3.8, 4) is 0 Å². The number of hydrogen-bond donors (Lipinski definition) is 1. The summed E-state index contributed by atoms with van der Waals surface area (Å²) in [7, 11) is 0. The van der Waals surface area contributed by atoms with Crippen molar-refractivity contribution in [1.82, 2.24) is 0 Å². The molecule has 21 heavy (non-hydrogen) atoms. The largest absolute Gasteiger partial charge is 0.324 e. The Bertz CT molecular complexity index is 701. The molecule has 0 aliphatic carbocycles. The molecule has 5 heteroatoms. The zero-order valence-electron chi connectivity index (χ0n) is 11.4. The summed E-state index contributed by atoms with van der Waals surface area (Å²) in [6.45, 7) is 1.81. The monoisotopic (exact) mass is 315 g/mol. The maximum absolute atomic E-state index is 14.5. The average molecular weight is 316 g/mol. The van der Waals surface area contributed by atoms with Crippen LogP contribution in [0, 0.1) is 11.6 Å². The molecule has 2 rings (SSSR count). The van der Waals surface area contributed by atoms with Crippen LogP contribution in [0.1, 0.15) is 45.2 Å². The minimum absolute atomic E-state index is 0. The lowest BCUT2D eigenvalue weighted by Crippen LogP contribution is -2.14. The van der Waals surface area contributed by atoms with Crippen molar-refractivity contribution in [1.29, 1.82) is 0 Å². The van der Waals surface area contributed by atoms with Gasteiger partial charge in [0, 0.05) is 21.4 Å². The van der Waals surface area contributed by atoms with E-state index in [2.05, 4.69) is 0 Å². The molecule has 0 saturated heterocycles. The third-order valence-corrected chi connectivity index (χ3v) is 3.59. The first kappa shape index (κ1) is 15.6. The molecular weight excluding hydrogens is 296 g/mol. The van der Waals surface area contributed by atoms with Gasteiger partial charge in [0.25, 0.3) is 0 Å². The highest BCUT2D eigenvalue weighted by Crippen LogP contribution is 2.28. The van der Waals surface area contributed by atoms with Gasteiger partial charge in [-0.2, -0.15) is 0 Å². The molecule has 0 aliphatic heterocycles. The summed E-state index contributed by atoms with van der Waals surface area (Å²) in [5, 5.41) is -0.0196. The standard InChI is InChI=1S/C16H14ClF2NO.3H2/c1-2-13(20)11-6-7-12(17)14(15(11)19)16(21)9-4-3-5-10(18)8-9;;;/h3-8,13H,2,20H2,1H3;3*1H/t13-;;;/m1.../s1. The number of halogens is 3. The Morgan fingerprint density at radius 2 is 2.05 bits per heavy atom. The lowest BCUT2D eigenvalue weighted by Gasteiger charge is -2.14. The normalized spacial score (nSPS) is 12.2. The molecule has 0 aliphatic rings. The van der Waals surface area contributed by atoms with E-state index in [9.17, 15) is 13.6 Å². The molecule has 0 unspecified atom stereocenters. The van der Waals surface area contributed by atoms with Gasteiger partial charge >= 0.3 is 0 Å². The van der Waals surface area contributed by atoms with Gasteiger partial charge in [-0.1, -0.05) is 36.7 Å². The predicted molar refractivity (Wildman–Crippen MR) is 84.8 cm³/mol. The Morgan fingerprint density at radius 1 is 1.33 bits per heavy atom. The van der Waals surface area contributed by atoms with E-state index in [0.717, 1.165) is 6.07 Å². The van der Waals surface area contributed by atoms with Crippen LogP contribution in [0.25, 0.3) is 0 Å². The lowest BCUT2D eigenvalue weighted by atomic mass is 9.96. The Morgan fingerprint density at radius 3 is 2.67 bits per heavy atom. The second-order valence-corrected chi connectivity index (χ2v) is 5.09. The van der Waals surface area contributed by atoms with Gasteiger partial charge in [0.2, 0.25) is 0 Å². The summed E-state index contributed by atoms with van der Waals surface area (Å²) < 4.78 is 27.7. The minimum atomic E-state index is -0.744. The smallest absolute Gasteiger partial charge is 0.197 e. The summed E-state index contributed by atoms with van der Waals surface area (Å²) in [6, 6.07) is 7.42. The van der Waals surface area contributed by atoms with E-state index in [0.29, 0.717) is 6.42 Å². The van der Waals surface area contributed by atoms with Gasteiger partial charge in [-0.3, -0.25) is 4.79 Å². The van der Waals surface area contributed by atoms with Gasteiger partial charge in [-0.15, -0.1) is 0 Å². The van der Waals surface area contributed by atoms with Crippen molar-refractivity contribution in [2.75, 3.05) is 0 Å². The van der Waals surface area contributed by atoms with Crippen LogP contribution in [0.4, 0.5) is 8.78 Å². The third-order valence-electron chi connectivity index (χ3n) is 3.27. The zero-order valence-corrected chi connectivity index (χ0v) is 12.1. The first-order chi connectivity index (χ1) is 9.95. The van der Waals surface area contributed by atoms with Gasteiger partial charge in [0.15, 0.2) is 5.78 Å². The van der Waals surface area contributed by atoms with Gasteiger partial charge in [-0.05, 0) is 24.6 Å². The van der Waals surface area contributed by atoms with Crippen LogP contribution in [0.15, 0.2) is 36.4 Å². The average Bonchev–Trinajstić information content (AvgIpc) is 2.46. The highest BCUT2D eigenvalue weighted by atomic mass is 35.5. The molecule has 0 fully saturated rings. The van der Waals surface area contributed by atoms with Crippen LogP contribution < -0.4 is 5.73 Å². The number of ketones is 1. The van der Waals surface area contributed by atoms with Crippen molar-refractivity contribution in [3.05, 3.63) is 69.7 Å². The third kappa shape index (κ3) is 3.12. The second kappa shape index (κ2) is 6.33. The summed E-state index contributed by atoms with van der Waals surface area (Å²) in [5.41, 5.74) is 5.81. The van der Waals surface area contributed by atoms with E-state index in [4.69, 9.17) is 17.3 Å². The maximum Gasteiger partial charge on any atom is 0.197 e. The molecule has 0 spiro atoms. The number of nitrogens with two attached hydrogens (primary N) is 1. The number of rotatable bonds is 4. The molecule has 1 atom stereocenters. The van der Waals surface area contributed by atoms with Crippen molar-refractivity contribution in [2.45, 2.75) is 19.4 Å². The zero-order chi connectivity index (χ0) is 15.6. The molecule has 0 amide bonds. The van der Waals surface area contributed by atoms with Crippen molar-refractivity contribution >= 4 is 17.4 Å². The van der Waals surface area contributed by atoms with Crippen LogP contribution in [0.2, 0.25) is 5.02 Å². The van der Waals surface area contributed by atoms with E-state index in [1.54, 1.807) is 0 Å². The van der Waals surface area contributed by atoms with Crippen LogP contribution in [-0.2, 0) is 0 Å². The van der Waals surface area contributed by atoms with Crippen LogP contribution >= 0.6 is 11.6 Å². The van der Waals surface area contributed by atoms with Crippen molar-refractivity contribution in [3.63, 3.8) is 0 Å². The number of hydrogen-bond acceptors (Lipinski definition) is 2. The van der Waals surface area contributed by atoms with Crippen LogP contribution in [-0.4, -0.2) is 5.78 Å². The van der Waals surface area contributed by atoms with Gasteiger partial charge in [0.05, 0.1) is 10.6 Å². The molecule has 0 heterocycles. The summed E-state index contributed by atoms with van der Waals surface area (Å²) in [6.07, 6.45) is 0.520. The summed E-state index contributed by atoms with van der Waals surface area (Å²) >= 11 is 5.94. The molecule has 0 saturated carbocycles. The topological polar surface area (TPSA) is 43.1 Å². The number of carbonyl (C=O) groups excluding carboxylic acids is 1. The molecule has 2 aromatic rings. The molecule has 2 nitrogen and oxygen atoms in total. The summed E-state index contributed by atoms with van der Waals surface area (Å²) in [4.78, 5) is 12.4. The van der Waals surface area contributed by atoms with Crippen LogP contribution in [0.3, 0.4) is 0 Å². The molecule has 116 valence electrons. The number of benzene rings is 2. The Balaban J connectivity index is 0. The Hall–Kier alpha value is -1.78. The van der Waals surface area contributed by atoms with Crippen molar-refractivity contribution in [2.24, 2.45) is 5.73 Å². The highest BCUT2D eigenvalue weighted by molar-refractivity contribution is 6.35. The molecular formula is C16H20ClF2NO. The van der Waals surface area contributed by atoms with E-state index in [-0.39, 0.29) is 26.0 Å². The van der Waals surface area contributed by atoms with Crippen LogP contribution in [0.5, 0.6) is 0 Å². The summed E-state index contributed by atoms with van der Waals surface area (Å²) in [5.74, 6) is -1.98. The highest BCUT2D eigenvalue weighted by Gasteiger charge is 2.22. The van der Waals surface area contributed by atoms with Gasteiger partial charge in [0.1, 0.15) is 11.6 Å². The molecule has 2 N–H and O–H groups in total. The van der Waals surface area contributed by atoms with E-state index < -0.39 is 23.5 Å². The second-order valence-electron chi connectivity index (χ2n) is 4.68. The van der Waals surface area contributed by atoms with Gasteiger partial charge < -0.3 is 5.73 Å². The SMILES string of the molecule is CC[C@@H](N)c1ccc(Cl)c(C(=O)c2cccc(F)c2)c1F.[HH].[HH].[HH]. The Labute approximate surface area is 131 Å². The maximum atomic E-state index is 14.5. The minimum Gasteiger partial charge on any atom is -0.324 e. The lowest BCUT2D eigenvalue weighted by molar-refractivity contribution is 0.103. The van der Waals surface area contributed by atoms with E-state index in [1.165, 1.54) is 30.3 Å².